The molecule has 0 aliphatic carbocycles. The smallest absolute Gasteiger partial charge is 0.234 e. The highest BCUT2D eigenvalue weighted by Crippen LogP contribution is 2.24. The number of fused-ring (bicyclic) bond motifs is 1. The van der Waals surface area contributed by atoms with E-state index in [0.29, 0.717) is 22.9 Å². The number of aromatic nitrogens is 4. The Morgan fingerprint density at radius 3 is 2.85 bits per heavy atom. The van der Waals surface area contributed by atoms with Crippen molar-refractivity contribution in [3.8, 4) is 17.0 Å². The maximum atomic E-state index is 13.4. The Morgan fingerprint density at radius 1 is 1.12 bits per heavy atom. The van der Waals surface area contributed by atoms with Crippen molar-refractivity contribution in [2.24, 2.45) is 0 Å². The summed E-state index contributed by atoms with van der Waals surface area (Å²) in [7, 11) is 0. The monoisotopic (exact) mass is 350 g/mol. The van der Waals surface area contributed by atoms with Crippen molar-refractivity contribution in [2.45, 2.75) is 13.2 Å². The van der Waals surface area contributed by atoms with E-state index in [1.165, 1.54) is 12.1 Å². The molecule has 130 valence electrons. The van der Waals surface area contributed by atoms with E-state index < -0.39 is 0 Å². The van der Waals surface area contributed by atoms with E-state index in [2.05, 4.69) is 15.0 Å². The number of imidazole rings is 1. The highest BCUT2D eigenvalue weighted by Gasteiger charge is 2.10. The Kier molecular flexibility index (Phi) is 4.28. The molecule has 0 aliphatic heterocycles. The van der Waals surface area contributed by atoms with Gasteiger partial charge >= 0.3 is 0 Å². The summed E-state index contributed by atoms with van der Waals surface area (Å²) in [4.78, 5) is 12.8. The molecule has 7 heteroatoms. The van der Waals surface area contributed by atoms with Crippen LogP contribution in [0.15, 0.2) is 61.2 Å². The lowest BCUT2D eigenvalue weighted by atomic mass is 10.0. The summed E-state index contributed by atoms with van der Waals surface area (Å²) >= 11 is 0. The Balaban J connectivity index is 1.62. The average Bonchev–Trinajstić information content (AvgIpc) is 3.09. The molecule has 0 fully saturated rings. The van der Waals surface area contributed by atoms with Gasteiger partial charge in [-0.3, -0.25) is 4.40 Å². The third kappa shape index (κ3) is 3.25. The number of rotatable bonds is 5. The number of aliphatic hydroxyl groups is 1. The van der Waals surface area contributed by atoms with Crippen LogP contribution >= 0.6 is 0 Å². The molecule has 0 radical (unpaired) electrons. The summed E-state index contributed by atoms with van der Waals surface area (Å²) < 4.78 is 20.7. The van der Waals surface area contributed by atoms with Gasteiger partial charge in [-0.25, -0.2) is 19.3 Å². The SMILES string of the molecule is OCc1cc(F)ccc1-c1cnc2nc(COc3ccccn3)cn2c1. The standard InChI is InChI=1S/C19H15FN4O2/c20-15-4-5-17(13(7-15)11-25)14-8-22-19-23-16(10-24(19)9-14)12-26-18-3-1-2-6-21-18/h1-10,25H,11-12H2. The predicted octanol–water partition coefficient (Wildman–Crippen LogP) is 3.00. The number of ether oxygens (including phenoxy) is 1. The van der Waals surface area contributed by atoms with Gasteiger partial charge in [-0.05, 0) is 29.3 Å². The number of nitrogens with zero attached hydrogens (tertiary/aromatic N) is 4. The van der Waals surface area contributed by atoms with Crippen molar-refractivity contribution in [3.63, 3.8) is 0 Å². The minimum absolute atomic E-state index is 0.252. The molecule has 0 spiro atoms. The van der Waals surface area contributed by atoms with Crippen LogP contribution in [0.1, 0.15) is 11.3 Å². The first-order valence-electron chi connectivity index (χ1n) is 8.00. The molecule has 0 atom stereocenters. The molecule has 1 aromatic carbocycles. The van der Waals surface area contributed by atoms with Crippen LogP contribution < -0.4 is 4.74 Å². The molecule has 26 heavy (non-hydrogen) atoms. The summed E-state index contributed by atoms with van der Waals surface area (Å²) in [5, 5.41) is 9.47. The van der Waals surface area contributed by atoms with Crippen molar-refractivity contribution >= 4 is 5.78 Å². The fourth-order valence-electron chi connectivity index (χ4n) is 2.70. The first-order chi connectivity index (χ1) is 12.7. The number of halogens is 1. The zero-order chi connectivity index (χ0) is 17.9. The van der Waals surface area contributed by atoms with Crippen LogP contribution in [0.2, 0.25) is 0 Å². The number of pyridine rings is 1. The third-order valence-corrected chi connectivity index (χ3v) is 3.91. The van der Waals surface area contributed by atoms with E-state index in [-0.39, 0.29) is 19.0 Å². The number of benzene rings is 1. The second-order valence-electron chi connectivity index (χ2n) is 5.70. The van der Waals surface area contributed by atoms with Gasteiger partial charge in [-0.15, -0.1) is 0 Å². The van der Waals surface area contributed by atoms with Crippen LogP contribution in [0.25, 0.3) is 16.9 Å². The van der Waals surface area contributed by atoms with Crippen molar-refractivity contribution in [1.82, 2.24) is 19.4 Å². The molecule has 0 saturated heterocycles. The zero-order valence-corrected chi connectivity index (χ0v) is 13.7. The topological polar surface area (TPSA) is 72.5 Å². The van der Waals surface area contributed by atoms with E-state index in [4.69, 9.17) is 4.74 Å². The van der Waals surface area contributed by atoms with Crippen LogP contribution in [0.3, 0.4) is 0 Å². The van der Waals surface area contributed by atoms with Crippen LogP contribution in [-0.4, -0.2) is 24.5 Å². The summed E-state index contributed by atoms with van der Waals surface area (Å²) in [5.41, 5.74) is 2.70. The third-order valence-electron chi connectivity index (χ3n) is 3.91. The van der Waals surface area contributed by atoms with Crippen molar-refractivity contribution in [3.05, 3.63) is 78.3 Å². The second kappa shape index (κ2) is 6.89. The fraction of sp³-hybridized carbons (Fsp3) is 0.105. The lowest BCUT2D eigenvalue weighted by Gasteiger charge is -2.07. The molecule has 6 nitrogen and oxygen atoms in total. The van der Waals surface area contributed by atoms with Crippen LogP contribution in [-0.2, 0) is 13.2 Å². The van der Waals surface area contributed by atoms with Gasteiger partial charge in [0.1, 0.15) is 12.4 Å². The quantitative estimate of drug-likeness (QED) is 0.599. The number of hydrogen-bond donors (Lipinski definition) is 1. The molecular weight excluding hydrogens is 335 g/mol. The summed E-state index contributed by atoms with van der Waals surface area (Å²) in [6, 6.07) is 9.75. The van der Waals surface area contributed by atoms with Crippen molar-refractivity contribution in [2.75, 3.05) is 0 Å². The summed E-state index contributed by atoms with van der Waals surface area (Å²) in [5.74, 6) is 0.668. The second-order valence-corrected chi connectivity index (χ2v) is 5.70. The van der Waals surface area contributed by atoms with E-state index >= 15 is 0 Å². The van der Waals surface area contributed by atoms with Crippen molar-refractivity contribution < 1.29 is 14.2 Å². The van der Waals surface area contributed by atoms with Gasteiger partial charge in [0.05, 0.1) is 12.3 Å². The highest BCUT2D eigenvalue weighted by molar-refractivity contribution is 5.66. The largest absolute Gasteiger partial charge is 0.471 e. The molecular formula is C19H15FN4O2. The lowest BCUT2D eigenvalue weighted by molar-refractivity contribution is 0.282. The van der Waals surface area contributed by atoms with Crippen LogP contribution in [0.4, 0.5) is 4.39 Å². The summed E-state index contributed by atoms with van der Waals surface area (Å²) in [6.07, 6.45) is 6.97. The lowest BCUT2D eigenvalue weighted by Crippen LogP contribution is -1.96. The minimum Gasteiger partial charge on any atom is -0.471 e. The number of aliphatic hydroxyl groups excluding tert-OH is 1. The molecule has 4 aromatic rings. The van der Waals surface area contributed by atoms with Crippen LogP contribution in [0.5, 0.6) is 5.88 Å². The van der Waals surface area contributed by atoms with E-state index in [0.717, 1.165) is 11.1 Å². The predicted molar refractivity (Wildman–Crippen MR) is 92.9 cm³/mol. The van der Waals surface area contributed by atoms with Gasteiger partial charge < -0.3 is 9.84 Å². The fourth-order valence-corrected chi connectivity index (χ4v) is 2.70. The highest BCUT2D eigenvalue weighted by atomic mass is 19.1. The normalized spacial score (nSPS) is 11.0. The first-order valence-corrected chi connectivity index (χ1v) is 8.00. The first kappa shape index (κ1) is 16.2. The molecule has 0 bridgehead atoms. The molecule has 0 amide bonds. The maximum absolute atomic E-state index is 13.4. The Labute approximate surface area is 148 Å². The van der Waals surface area contributed by atoms with Gasteiger partial charge in [-0.2, -0.15) is 0 Å². The Bertz CT molecular complexity index is 1050. The molecule has 0 aliphatic rings. The van der Waals surface area contributed by atoms with Gasteiger partial charge in [0, 0.05) is 36.4 Å². The van der Waals surface area contributed by atoms with Gasteiger partial charge in [0.25, 0.3) is 0 Å². The Hall–Kier alpha value is -3.32. The molecule has 3 heterocycles. The Morgan fingerprint density at radius 2 is 2.04 bits per heavy atom. The zero-order valence-electron chi connectivity index (χ0n) is 13.7. The molecule has 0 unspecified atom stereocenters. The molecule has 3 aromatic heterocycles. The molecule has 1 N–H and O–H groups in total. The van der Waals surface area contributed by atoms with E-state index in [1.807, 2.05) is 24.5 Å². The van der Waals surface area contributed by atoms with Gasteiger partial charge in [0.15, 0.2) is 0 Å². The number of hydrogen-bond acceptors (Lipinski definition) is 5. The van der Waals surface area contributed by atoms with Crippen molar-refractivity contribution in [1.29, 1.82) is 0 Å². The van der Waals surface area contributed by atoms with Gasteiger partial charge in [0.2, 0.25) is 11.7 Å². The van der Waals surface area contributed by atoms with Gasteiger partial charge in [-0.1, -0.05) is 12.1 Å². The average molecular weight is 350 g/mol. The molecule has 4 rings (SSSR count). The van der Waals surface area contributed by atoms with E-state index in [9.17, 15) is 9.50 Å². The summed E-state index contributed by atoms with van der Waals surface area (Å²) in [6.45, 7) is 0.0202. The van der Waals surface area contributed by atoms with E-state index in [1.54, 1.807) is 28.9 Å². The molecule has 0 saturated carbocycles. The van der Waals surface area contributed by atoms with Crippen LogP contribution in [0, 0.1) is 5.82 Å². The maximum Gasteiger partial charge on any atom is 0.234 e. The minimum atomic E-state index is -0.386.